The number of carbonyl (C=O) groups is 1. The molecule has 192 valence electrons. The van der Waals surface area contributed by atoms with Gasteiger partial charge in [0.1, 0.15) is 23.7 Å². The maximum atomic E-state index is 14.0. The van der Waals surface area contributed by atoms with Crippen molar-refractivity contribution in [1.29, 1.82) is 0 Å². The van der Waals surface area contributed by atoms with Crippen LogP contribution < -0.4 is 10.5 Å². The number of aliphatic hydroxyl groups excluding tert-OH is 1. The number of aromatic nitrogens is 4. The first-order valence-corrected chi connectivity index (χ1v) is 12.1. The highest BCUT2D eigenvalue weighted by Gasteiger charge is 2.35. The monoisotopic (exact) mass is 526 g/mol. The van der Waals surface area contributed by atoms with Gasteiger partial charge in [0.2, 0.25) is 5.78 Å². The van der Waals surface area contributed by atoms with E-state index in [2.05, 4.69) is 24.6 Å². The van der Waals surface area contributed by atoms with Crippen LogP contribution in [0, 0.1) is 23.4 Å². The summed E-state index contributed by atoms with van der Waals surface area (Å²) in [6, 6.07) is 2.43. The maximum absolute atomic E-state index is 14.0. The first-order chi connectivity index (χ1) is 17.0. The van der Waals surface area contributed by atoms with E-state index in [1.807, 2.05) is 0 Å². The molecular weight excluding hydrogens is 505 g/mol. The minimum atomic E-state index is -4.15. The van der Waals surface area contributed by atoms with E-state index in [9.17, 15) is 31.5 Å². The zero-order valence-electron chi connectivity index (χ0n) is 18.5. The molecule has 1 saturated carbocycles. The number of nitrogens with zero attached hydrogens (tertiary/aromatic N) is 4. The fourth-order valence-corrected chi connectivity index (χ4v) is 4.34. The molecule has 11 nitrogen and oxygen atoms in total. The SMILES string of the molecule is NS(=O)(=O)OC[C@H]1C[C@@H](Nc2ncncc2C(=O)c2ccn(Cc3c(F)ccc(F)c3F)n2)C[C@@H]1O. The molecular formula is C21H21F3N6O5S. The van der Waals surface area contributed by atoms with Gasteiger partial charge in [-0.3, -0.25) is 13.7 Å². The highest BCUT2D eigenvalue weighted by molar-refractivity contribution is 7.84. The summed E-state index contributed by atoms with van der Waals surface area (Å²) in [7, 11) is -4.15. The predicted molar refractivity (Wildman–Crippen MR) is 118 cm³/mol. The van der Waals surface area contributed by atoms with Crippen LogP contribution in [0.5, 0.6) is 0 Å². The fourth-order valence-electron chi connectivity index (χ4n) is 3.97. The lowest BCUT2D eigenvalue weighted by atomic mass is 10.1. The number of rotatable bonds is 9. The van der Waals surface area contributed by atoms with Gasteiger partial charge in [0.25, 0.3) is 0 Å². The molecule has 3 atom stereocenters. The molecule has 36 heavy (non-hydrogen) atoms. The van der Waals surface area contributed by atoms with Crippen molar-refractivity contribution in [3.8, 4) is 0 Å². The standard InChI is InChI=1S/C21H21F3N6O5S/c22-15-1-2-16(23)19(24)14(15)8-30-4-3-17(29-30)20(32)13-7-26-10-27-21(13)28-12-5-11(18(31)6-12)9-35-36(25,33)34/h1-4,7,10-12,18,31H,5-6,8-9H2,(H2,25,33,34)(H,26,27,28)/t11-,12-,18+/m1/s1. The normalized spacial score (nSPS) is 20.0. The van der Waals surface area contributed by atoms with Crippen molar-refractivity contribution >= 4 is 21.9 Å². The highest BCUT2D eigenvalue weighted by Crippen LogP contribution is 2.30. The zero-order chi connectivity index (χ0) is 26.0. The van der Waals surface area contributed by atoms with E-state index in [-0.39, 0.29) is 36.1 Å². The molecule has 1 fully saturated rings. The number of anilines is 1. The van der Waals surface area contributed by atoms with Gasteiger partial charge in [-0.25, -0.2) is 28.3 Å². The van der Waals surface area contributed by atoms with Crippen molar-refractivity contribution < 1.29 is 35.7 Å². The summed E-state index contributed by atoms with van der Waals surface area (Å²) in [5, 5.41) is 22.1. The third kappa shape index (κ3) is 5.87. The zero-order valence-corrected chi connectivity index (χ0v) is 19.3. The Kier molecular flexibility index (Phi) is 7.35. The van der Waals surface area contributed by atoms with Gasteiger partial charge in [-0.15, -0.1) is 0 Å². The van der Waals surface area contributed by atoms with E-state index in [0.717, 1.165) is 10.7 Å². The van der Waals surface area contributed by atoms with E-state index in [0.29, 0.717) is 12.5 Å². The van der Waals surface area contributed by atoms with Gasteiger partial charge >= 0.3 is 10.3 Å². The van der Waals surface area contributed by atoms with Crippen LogP contribution in [-0.4, -0.2) is 57.8 Å². The molecule has 0 aliphatic heterocycles. The number of aliphatic hydroxyl groups is 1. The second-order valence-corrected chi connectivity index (χ2v) is 9.47. The third-order valence-electron chi connectivity index (χ3n) is 5.73. The Bertz CT molecular complexity index is 1390. The van der Waals surface area contributed by atoms with E-state index in [4.69, 9.17) is 5.14 Å². The largest absolute Gasteiger partial charge is 0.393 e. The molecule has 3 aromatic rings. The third-order valence-corrected chi connectivity index (χ3v) is 6.20. The van der Waals surface area contributed by atoms with Crippen LogP contribution in [-0.2, 0) is 21.0 Å². The van der Waals surface area contributed by atoms with Crippen LogP contribution in [0.25, 0.3) is 0 Å². The number of ketones is 1. The summed E-state index contributed by atoms with van der Waals surface area (Å²) in [6.07, 6.45) is 3.46. The smallest absolute Gasteiger partial charge is 0.333 e. The highest BCUT2D eigenvalue weighted by atomic mass is 32.2. The fraction of sp³-hybridized carbons (Fsp3) is 0.333. The molecule has 4 rings (SSSR count). The molecule has 1 aromatic carbocycles. The van der Waals surface area contributed by atoms with E-state index in [1.165, 1.54) is 24.8 Å². The molecule has 2 aromatic heterocycles. The van der Waals surface area contributed by atoms with Crippen molar-refractivity contribution in [2.75, 3.05) is 11.9 Å². The number of halogens is 3. The average Bonchev–Trinajstić information content (AvgIpc) is 3.43. The van der Waals surface area contributed by atoms with Crippen molar-refractivity contribution in [3.63, 3.8) is 0 Å². The van der Waals surface area contributed by atoms with Gasteiger partial charge in [-0.05, 0) is 31.0 Å². The van der Waals surface area contributed by atoms with Crippen LogP contribution >= 0.6 is 0 Å². The topological polar surface area (TPSA) is 162 Å². The van der Waals surface area contributed by atoms with Gasteiger partial charge in [-0.2, -0.15) is 13.5 Å². The van der Waals surface area contributed by atoms with Crippen LogP contribution in [0.15, 0.2) is 36.9 Å². The summed E-state index contributed by atoms with van der Waals surface area (Å²) in [5.41, 5.74) is -0.566. The Hall–Kier alpha value is -3.40. The predicted octanol–water partition coefficient (Wildman–Crippen LogP) is 1.14. The molecule has 0 radical (unpaired) electrons. The molecule has 15 heteroatoms. The van der Waals surface area contributed by atoms with Gasteiger partial charge in [0.15, 0.2) is 11.6 Å². The molecule has 0 amide bonds. The second-order valence-electron chi connectivity index (χ2n) is 8.25. The average molecular weight is 526 g/mol. The van der Waals surface area contributed by atoms with Crippen molar-refractivity contribution in [1.82, 2.24) is 19.7 Å². The number of hydrogen-bond acceptors (Lipinski definition) is 9. The minimum Gasteiger partial charge on any atom is -0.393 e. The molecule has 0 bridgehead atoms. The summed E-state index contributed by atoms with van der Waals surface area (Å²) < 4.78 is 69.1. The summed E-state index contributed by atoms with van der Waals surface area (Å²) in [6.45, 7) is -0.737. The van der Waals surface area contributed by atoms with E-state index in [1.54, 1.807) is 0 Å². The van der Waals surface area contributed by atoms with Crippen LogP contribution in [0.3, 0.4) is 0 Å². The molecule has 0 spiro atoms. The lowest BCUT2D eigenvalue weighted by Gasteiger charge is -2.15. The van der Waals surface area contributed by atoms with Gasteiger partial charge < -0.3 is 10.4 Å². The van der Waals surface area contributed by atoms with Gasteiger partial charge in [0, 0.05) is 29.9 Å². The number of nitrogens with two attached hydrogens (primary N) is 1. The first kappa shape index (κ1) is 25.7. The van der Waals surface area contributed by atoms with E-state index < -0.39 is 57.7 Å². The summed E-state index contributed by atoms with van der Waals surface area (Å²) in [4.78, 5) is 21.0. The van der Waals surface area contributed by atoms with Crippen molar-refractivity contribution in [2.45, 2.75) is 31.5 Å². The number of hydrogen-bond donors (Lipinski definition) is 3. The summed E-state index contributed by atoms with van der Waals surface area (Å²) >= 11 is 0. The first-order valence-electron chi connectivity index (χ1n) is 10.6. The number of benzene rings is 1. The number of nitrogens with one attached hydrogen (secondary N) is 1. The maximum Gasteiger partial charge on any atom is 0.333 e. The Balaban J connectivity index is 1.47. The molecule has 2 heterocycles. The van der Waals surface area contributed by atoms with Crippen LogP contribution in [0.1, 0.15) is 34.5 Å². The Morgan fingerprint density at radius 1 is 1.22 bits per heavy atom. The van der Waals surface area contributed by atoms with E-state index >= 15 is 0 Å². The minimum absolute atomic E-state index is 0.0459. The van der Waals surface area contributed by atoms with Crippen LogP contribution in [0.2, 0.25) is 0 Å². The Labute approximate surface area is 203 Å². The Morgan fingerprint density at radius 3 is 2.72 bits per heavy atom. The van der Waals surface area contributed by atoms with Crippen LogP contribution in [0.4, 0.5) is 19.0 Å². The quantitative estimate of drug-likeness (QED) is 0.274. The van der Waals surface area contributed by atoms with Crippen molar-refractivity contribution in [2.24, 2.45) is 11.1 Å². The molecule has 1 aliphatic rings. The lowest BCUT2D eigenvalue weighted by molar-refractivity contribution is 0.101. The summed E-state index contributed by atoms with van der Waals surface area (Å²) in [5.74, 6) is -4.45. The molecule has 1 aliphatic carbocycles. The molecule has 4 N–H and O–H groups in total. The lowest BCUT2D eigenvalue weighted by Crippen LogP contribution is -2.24. The van der Waals surface area contributed by atoms with Gasteiger partial charge in [-0.1, -0.05) is 0 Å². The second kappa shape index (κ2) is 10.3. The van der Waals surface area contributed by atoms with Crippen molar-refractivity contribution in [3.05, 3.63) is 71.2 Å². The Morgan fingerprint density at radius 2 is 1.97 bits per heavy atom. The molecule has 0 saturated heterocycles. The molecule has 0 unspecified atom stereocenters. The van der Waals surface area contributed by atoms with Gasteiger partial charge in [0.05, 0.1) is 24.8 Å². The number of carbonyl (C=O) groups excluding carboxylic acids is 1.